The number of thiophene rings is 1. The maximum absolute atomic E-state index is 12.2. The third-order valence-electron chi connectivity index (χ3n) is 2.66. The van der Waals surface area contributed by atoms with E-state index in [-0.39, 0.29) is 28.7 Å². The van der Waals surface area contributed by atoms with E-state index in [4.69, 9.17) is 10.2 Å². The second kappa shape index (κ2) is 6.47. The van der Waals surface area contributed by atoms with Crippen molar-refractivity contribution in [1.82, 2.24) is 4.72 Å². The molecule has 1 heterocycles. The molecule has 0 bridgehead atoms. The zero-order valence-corrected chi connectivity index (χ0v) is 12.3. The van der Waals surface area contributed by atoms with E-state index < -0.39 is 22.0 Å². The first-order valence-corrected chi connectivity index (χ1v) is 8.10. The maximum Gasteiger partial charge on any atom is 0.347 e. The molecule has 0 aliphatic heterocycles. The van der Waals surface area contributed by atoms with Gasteiger partial charge in [-0.15, -0.1) is 11.3 Å². The van der Waals surface area contributed by atoms with Gasteiger partial charge in [0.05, 0.1) is 0 Å². The zero-order valence-electron chi connectivity index (χ0n) is 10.7. The van der Waals surface area contributed by atoms with Gasteiger partial charge in [0.15, 0.2) is 0 Å². The molecule has 6 nitrogen and oxygen atoms in total. The number of rotatable bonds is 7. The van der Waals surface area contributed by atoms with Gasteiger partial charge in [-0.1, -0.05) is 13.8 Å². The smallest absolute Gasteiger partial charge is 0.347 e. The van der Waals surface area contributed by atoms with E-state index in [1.54, 1.807) is 0 Å². The molecule has 0 amide bonds. The highest BCUT2D eigenvalue weighted by molar-refractivity contribution is 7.89. The van der Waals surface area contributed by atoms with Gasteiger partial charge in [0, 0.05) is 12.6 Å². The quantitative estimate of drug-likeness (QED) is 0.700. The highest BCUT2D eigenvalue weighted by Gasteiger charge is 2.27. The molecular formula is C11H17NO5S2. The lowest BCUT2D eigenvalue weighted by Crippen LogP contribution is -2.39. The Bertz CT molecular complexity index is 535. The maximum atomic E-state index is 12.2. The van der Waals surface area contributed by atoms with Gasteiger partial charge in [0.2, 0.25) is 10.0 Å². The first-order valence-electron chi connectivity index (χ1n) is 5.73. The standard InChI is InChI=1S/C11H17NO5S2/c1-7(2)8(3-5-13)12-19(16,17)9-4-6-18-10(9)11(14)15/h4,6-8,12-13H,3,5H2,1-2H3,(H,14,15). The molecule has 0 saturated carbocycles. The first kappa shape index (κ1) is 16.1. The lowest BCUT2D eigenvalue weighted by molar-refractivity contribution is 0.0698. The molecule has 1 unspecified atom stereocenters. The van der Waals surface area contributed by atoms with Crippen molar-refractivity contribution in [2.24, 2.45) is 5.92 Å². The number of carboxylic acids is 1. The molecule has 0 saturated heterocycles. The van der Waals surface area contributed by atoms with Crippen LogP contribution in [-0.2, 0) is 10.0 Å². The molecule has 3 N–H and O–H groups in total. The van der Waals surface area contributed by atoms with Crippen LogP contribution in [0.1, 0.15) is 29.9 Å². The van der Waals surface area contributed by atoms with E-state index in [0.717, 1.165) is 11.3 Å². The first-order chi connectivity index (χ1) is 8.79. The average molecular weight is 307 g/mol. The molecule has 1 aromatic rings. The molecule has 1 rings (SSSR count). The van der Waals surface area contributed by atoms with Crippen LogP contribution in [0, 0.1) is 5.92 Å². The van der Waals surface area contributed by atoms with Crippen LogP contribution >= 0.6 is 11.3 Å². The van der Waals surface area contributed by atoms with Crippen LogP contribution < -0.4 is 4.72 Å². The van der Waals surface area contributed by atoms with Gasteiger partial charge in [0.25, 0.3) is 0 Å². The Morgan fingerprint density at radius 1 is 1.47 bits per heavy atom. The molecule has 0 aromatic carbocycles. The number of aromatic carboxylic acids is 1. The van der Waals surface area contributed by atoms with Gasteiger partial charge in [-0.2, -0.15) is 0 Å². The number of aliphatic hydroxyl groups excluding tert-OH is 1. The Morgan fingerprint density at radius 2 is 2.11 bits per heavy atom. The van der Waals surface area contributed by atoms with Gasteiger partial charge in [-0.3, -0.25) is 0 Å². The summed E-state index contributed by atoms with van der Waals surface area (Å²) in [5.74, 6) is -1.27. The monoisotopic (exact) mass is 307 g/mol. The molecule has 8 heteroatoms. The highest BCUT2D eigenvalue weighted by Crippen LogP contribution is 2.23. The number of sulfonamides is 1. The average Bonchev–Trinajstić information content (AvgIpc) is 2.77. The molecular weight excluding hydrogens is 290 g/mol. The Hall–Kier alpha value is -0.960. The molecule has 0 aliphatic rings. The van der Waals surface area contributed by atoms with Crippen LogP contribution in [0.5, 0.6) is 0 Å². The van der Waals surface area contributed by atoms with E-state index in [0.29, 0.717) is 0 Å². The van der Waals surface area contributed by atoms with Crippen molar-refractivity contribution in [2.45, 2.75) is 31.2 Å². The van der Waals surface area contributed by atoms with E-state index >= 15 is 0 Å². The predicted octanol–water partition coefficient (Wildman–Crippen LogP) is 1.13. The summed E-state index contributed by atoms with van der Waals surface area (Å²) in [6.45, 7) is 3.52. The fourth-order valence-electron chi connectivity index (χ4n) is 1.60. The Kier molecular flexibility index (Phi) is 5.48. The fraction of sp³-hybridized carbons (Fsp3) is 0.545. The van der Waals surface area contributed by atoms with Gasteiger partial charge >= 0.3 is 5.97 Å². The number of carbonyl (C=O) groups is 1. The van der Waals surface area contributed by atoms with Gasteiger partial charge in [-0.25, -0.2) is 17.9 Å². The Labute approximate surface area is 116 Å². The highest BCUT2D eigenvalue weighted by atomic mass is 32.2. The normalized spacial score (nSPS) is 13.7. The van der Waals surface area contributed by atoms with Crippen molar-refractivity contribution in [3.8, 4) is 0 Å². The summed E-state index contributed by atoms with van der Waals surface area (Å²) in [4.78, 5) is 10.5. The van der Waals surface area contributed by atoms with E-state index in [2.05, 4.69) is 4.72 Å². The van der Waals surface area contributed by atoms with Crippen molar-refractivity contribution in [2.75, 3.05) is 6.61 Å². The molecule has 108 valence electrons. The molecule has 1 aromatic heterocycles. The summed E-state index contributed by atoms with van der Waals surface area (Å²) in [6, 6.07) is 0.837. The number of aliphatic hydroxyl groups is 1. The molecule has 0 radical (unpaired) electrons. The number of carboxylic acid groups (broad SMARTS) is 1. The Balaban J connectivity index is 3.03. The van der Waals surface area contributed by atoms with Crippen LogP contribution in [0.25, 0.3) is 0 Å². The van der Waals surface area contributed by atoms with Crippen LogP contribution in [0.3, 0.4) is 0 Å². The molecule has 1 atom stereocenters. The minimum absolute atomic E-state index is 0.00570. The minimum Gasteiger partial charge on any atom is -0.477 e. The summed E-state index contributed by atoms with van der Waals surface area (Å²) in [5.41, 5.74) is 0. The van der Waals surface area contributed by atoms with Gasteiger partial charge in [0.1, 0.15) is 9.77 Å². The lowest BCUT2D eigenvalue weighted by atomic mass is 10.0. The summed E-state index contributed by atoms with van der Waals surface area (Å²) >= 11 is 0.865. The summed E-state index contributed by atoms with van der Waals surface area (Å²) in [7, 11) is -3.89. The van der Waals surface area contributed by atoms with Crippen molar-refractivity contribution >= 4 is 27.3 Å². The van der Waals surface area contributed by atoms with Crippen molar-refractivity contribution in [3.63, 3.8) is 0 Å². The van der Waals surface area contributed by atoms with Crippen LogP contribution in [0.2, 0.25) is 0 Å². The summed E-state index contributed by atoms with van der Waals surface area (Å²) in [5, 5.41) is 19.3. The summed E-state index contributed by atoms with van der Waals surface area (Å²) < 4.78 is 26.8. The Morgan fingerprint density at radius 3 is 2.58 bits per heavy atom. The van der Waals surface area contributed by atoms with E-state index in [1.807, 2.05) is 13.8 Å². The van der Waals surface area contributed by atoms with Crippen LogP contribution in [-0.4, -0.2) is 37.2 Å². The second-order valence-electron chi connectivity index (χ2n) is 4.40. The minimum atomic E-state index is -3.89. The summed E-state index contributed by atoms with van der Waals surface area (Å²) in [6.07, 6.45) is 0.281. The van der Waals surface area contributed by atoms with Crippen molar-refractivity contribution in [3.05, 3.63) is 16.3 Å². The number of hydrogen-bond donors (Lipinski definition) is 3. The number of nitrogens with one attached hydrogen (secondary N) is 1. The van der Waals surface area contributed by atoms with Gasteiger partial charge in [-0.05, 0) is 23.8 Å². The SMILES string of the molecule is CC(C)C(CCO)NS(=O)(=O)c1ccsc1C(=O)O. The fourth-order valence-corrected chi connectivity index (χ4v) is 4.27. The lowest BCUT2D eigenvalue weighted by Gasteiger charge is -2.21. The van der Waals surface area contributed by atoms with Crippen LogP contribution in [0.15, 0.2) is 16.3 Å². The second-order valence-corrected chi connectivity index (χ2v) is 7.00. The predicted molar refractivity (Wildman–Crippen MR) is 71.9 cm³/mol. The van der Waals surface area contributed by atoms with E-state index in [9.17, 15) is 13.2 Å². The van der Waals surface area contributed by atoms with Crippen molar-refractivity contribution < 1.29 is 23.4 Å². The van der Waals surface area contributed by atoms with Crippen LogP contribution in [0.4, 0.5) is 0 Å². The third-order valence-corrected chi connectivity index (χ3v) is 5.23. The number of hydrogen-bond acceptors (Lipinski definition) is 5. The molecule has 0 spiro atoms. The molecule has 0 aliphatic carbocycles. The van der Waals surface area contributed by atoms with Gasteiger partial charge < -0.3 is 10.2 Å². The third kappa shape index (κ3) is 4.00. The molecule has 0 fully saturated rings. The van der Waals surface area contributed by atoms with E-state index in [1.165, 1.54) is 11.4 Å². The largest absolute Gasteiger partial charge is 0.477 e. The topological polar surface area (TPSA) is 104 Å². The van der Waals surface area contributed by atoms with Crippen molar-refractivity contribution in [1.29, 1.82) is 0 Å². The molecule has 19 heavy (non-hydrogen) atoms. The zero-order chi connectivity index (χ0) is 14.6.